The van der Waals surface area contributed by atoms with E-state index in [2.05, 4.69) is 20.8 Å². The summed E-state index contributed by atoms with van der Waals surface area (Å²) in [6.45, 7) is 9.82. The van der Waals surface area contributed by atoms with Crippen LogP contribution in [0.3, 0.4) is 0 Å². The minimum Gasteiger partial charge on any atom is -0.381 e. The third-order valence-electron chi connectivity index (χ3n) is 3.82. The molecule has 1 aliphatic heterocycles. The molecule has 1 fully saturated rings. The molecule has 2 atom stereocenters. The fourth-order valence-electron chi connectivity index (χ4n) is 2.21. The summed E-state index contributed by atoms with van der Waals surface area (Å²) in [7, 11) is 0. The second-order valence-electron chi connectivity index (χ2n) is 5.37. The van der Waals surface area contributed by atoms with Gasteiger partial charge in [0.05, 0.1) is 6.10 Å². The summed E-state index contributed by atoms with van der Waals surface area (Å²) in [5.41, 5.74) is 6.05. The van der Waals surface area contributed by atoms with Crippen LogP contribution in [0.25, 0.3) is 0 Å². The Balaban J connectivity index is 2.19. The van der Waals surface area contributed by atoms with Crippen LogP contribution in [-0.4, -0.2) is 32.5 Å². The number of rotatable bonds is 7. The lowest BCUT2D eigenvalue weighted by molar-refractivity contribution is 0.0354. The summed E-state index contributed by atoms with van der Waals surface area (Å²) < 4.78 is 11.3. The lowest BCUT2D eigenvalue weighted by atomic mass is 9.79. The van der Waals surface area contributed by atoms with Gasteiger partial charge in [0.25, 0.3) is 0 Å². The summed E-state index contributed by atoms with van der Waals surface area (Å²) in [6.07, 6.45) is 3.54. The van der Waals surface area contributed by atoms with Gasteiger partial charge in [-0.05, 0) is 32.1 Å². The summed E-state index contributed by atoms with van der Waals surface area (Å²) in [6, 6.07) is 0. The largest absolute Gasteiger partial charge is 0.381 e. The number of ether oxygens (including phenoxy) is 2. The molecule has 1 saturated heterocycles. The zero-order chi connectivity index (χ0) is 12.0. The molecule has 0 aromatic carbocycles. The van der Waals surface area contributed by atoms with Crippen LogP contribution in [0.1, 0.15) is 40.0 Å². The molecule has 1 rings (SSSR count). The molecule has 0 aliphatic carbocycles. The second kappa shape index (κ2) is 6.58. The van der Waals surface area contributed by atoms with Gasteiger partial charge in [-0.1, -0.05) is 13.8 Å². The van der Waals surface area contributed by atoms with Crippen LogP contribution in [-0.2, 0) is 9.47 Å². The first kappa shape index (κ1) is 13.9. The van der Waals surface area contributed by atoms with Gasteiger partial charge in [-0.15, -0.1) is 0 Å². The number of hydrogen-bond acceptors (Lipinski definition) is 3. The van der Waals surface area contributed by atoms with Gasteiger partial charge < -0.3 is 15.2 Å². The van der Waals surface area contributed by atoms with Crippen LogP contribution in [0.15, 0.2) is 0 Å². The Hall–Kier alpha value is -0.120. The van der Waals surface area contributed by atoms with Crippen LogP contribution in [0, 0.1) is 11.3 Å². The van der Waals surface area contributed by atoms with Gasteiger partial charge in [0.15, 0.2) is 0 Å². The SMILES string of the molecule is CC(C)CCOCCC1(CN)CCOC1C. The van der Waals surface area contributed by atoms with E-state index in [0.717, 1.165) is 45.0 Å². The van der Waals surface area contributed by atoms with E-state index in [1.54, 1.807) is 0 Å². The maximum absolute atomic E-state index is 5.89. The van der Waals surface area contributed by atoms with Gasteiger partial charge >= 0.3 is 0 Å². The van der Waals surface area contributed by atoms with Crippen molar-refractivity contribution >= 4 is 0 Å². The third-order valence-corrected chi connectivity index (χ3v) is 3.82. The van der Waals surface area contributed by atoms with Crippen molar-refractivity contribution in [3.63, 3.8) is 0 Å². The quantitative estimate of drug-likeness (QED) is 0.681. The molecular weight excluding hydrogens is 202 g/mol. The van der Waals surface area contributed by atoms with Crippen LogP contribution in [0.5, 0.6) is 0 Å². The zero-order valence-electron chi connectivity index (χ0n) is 11.0. The summed E-state index contributed by atoms with van der Waals surface area (Å²) >= 11 is 0. The van der Waals surface area contributed by atoms with Gasteiger partial charge in [-0.2, -0.15) is 0 Å². The van der Waals surface area contributed by atoms with Crippen LogP contribution >= 0.6 is 0 Å². The van der Waals surface area contributed by atoms with E-state index in [9.17, 15) is 0 Å². The predicted octanol–water partition coefficient (Wildman–Crippen LogP) is 2.19. The Morgan fingerprint density at radius 1 is 1.44 bits per heavy atom. The van der Waals surface area contributed by atoms with Crippen molar-refractivity contribution in [2.75, 3.05) is 26.4 Å². The normalized spacial score (nSPS) is 30.2. The minimum absolute atomic E-state index is 0.165. The maximum atomic E-state index is 5.89. The van der Waals surface area contributed by atoms with Crippen molar-refractivity contribution in [1.82, 2.24) is 0 Å². The fourth-order valence-corrected chi connectivity index (χ4v) is 2.21. The third kappa shape index (κ3) is 3.72. The van der Waals surface area contributed by atoms with Gasteiger partial charge in [-0.3, -0.25) is 0 Å². The van der Waals surface area contributed by atoms with Crippen LogP contribution in [0.2, 0.25) is 0 Å². The topological polar surface area (TPSA) is 44.5 Å². The molecule has 0 amide bonds. The van der Waals surface area contributed by atoms with Crippen molar-refractivity contribution in [2.24, 2.45) is 17.1 Å². The molecule has 3 nitrogen and oxygen atoms in total. The molecule has 2 unspecified atom stereocenters. The first-order chi connectivity index (χ1) is 7.60. The molecule has 0 aromatic heterocycles. The second-order valence-corrected chi connectivity index (χ2v) is 5.37. The van der Waals surface area contributed by atoms with E-state index < -0.39 is 0 Å². The molecule has 0 aromatic rings. The summed E-state index contributed by atoms with van der Waals surface area (Å²) in [4.78, 5) is 0. The van der Waals surface area contributed by atoms with Crippen LogP contribution in [0.4, 0.5) is 0 Å². The smallest absolute Gasteiger partial charge is 0.0616 e. The number of nitrogens with two attached hydrogens (primary N) is 1. The predicted molar refractivity (Wildman–Crippen MR) is 66.4 cm³/mol. The molecule has 0 bridgehead atoms. The fraction of sp³-hybridized carbons (Fsp3) is 1.00. The molecular formula is C13H27NO2. The molecule has 96 valence electrons. The van der Waals surface area contributed by atoms with E-state index in [1.165, 1.54) is 0 Å². The Labute approximate surface area is 99.7 Å². The average Bonchev–Trinajstić information content (AvgIpc) is 2.60. The molecule has 0 spiro atoms. The van der Waals surface area contributed by atoms with E-state index in [-0.39, 0.29) is 11.5 Å². The Kier molecular flexibility index (Phi) is 5.73. The Morgan fingerprint density at radius 2 is 2.19 bits per heavy atom. The van der Waals surface area contributed by atoms with Crippen molar-refractivity contribution in [2.45, 2.75) is 46.1 Å². The first-order valence-corrected chi connectivity index (χ1v) is 6.50. The van der Waals surface area contributed by atoms with Gasteiger partial charge in [-0.25, -0.2) is 0 Å². The van der Waals surface area contributed by atoms with E-state index in [0.29, 0.717) is 6.54 Å². The highest BCUT2D eigenvalue weighted by Crippen LogP contribution is 2.37. The van der Waals surface area contributed by atoms with E-state index in [1.807, 2.05) is 0 Å². The minimum atomic E-state index is 0.165. The van der Waals surface area contributed by atoms with Gasteiger partial charge in [0.1, 0.15) is 0 Å². The Bertz CT molecular complexity index is 196. The number of hydrogen-bond donors (Lipinski definition) is 1. The van der Waals surface area contributed by atoms with Crippen LogP contribution < -0.4 is 5.73 Å². The highest BCUT2D eigenvalue weighted by molar-refractivity contribution is 4.90. The molecule has 16 heavy (non-hydrogen) atoms. The molecule has 2 N–H and O–H groups in total. The summed E-state index contributed by atoms with van der Waals surface area (Å²) in [5, 5.41) is 0. The summed E-state index contributed by atoms with van der Waals surface area (Å²) in [5.74, 6) is 0.720. The van der Waals surface area contributed by atoms with Gasteiger partial charge in [0, 0.05) is 31.8 Å². The molecule has 1 heterocycles. The zero-order valence-corrected chi connectivity index (χ0v) is 11.0. The van der Waals surface area contributed by atoms with Gasteiger partial charge in [0.2, 0.25) is 0 Å². The lowest BCUT2D eigenvalue weighted by Crippen LogP contribution is -2.37. The highest BCUT2D eigenvalue weighted by Gasteiger charge is 2.39. The lowest BCUT2D eigenvalue weighted by Gasteiger charge is -2.30. The van der Waals surface area contributed by atoms with Crippen molar-refractivity contribution < 1.29 is 9.47 Å². The monoisotopic (exact) mass is 229 g/mol. The van der Waals surface area contributed by atoms with E-state index >= 15 is 0 Å². The first-order valence-electron chi connectivity index (χ1n) is 6.50. The maximum Gasteiger partial charge on any atom is 0.0616 e. The van der Waals surface area contributed by atoms with Crippen molar-refractivity contribution in [3.05, 3.63) is 0 Å². The molecule has 0 saturated carbocycles. The standard InChI is InChI=1S/C13H27NO2/c1-11(2)4-7-15-8-5-13(10-14)6-9-16-12(13)3/h11-12H,4-10,14H2,1-3H3. The van der Waals surface area contributed by atoms with Crippen molar-refractivity contribution in [3.8, 4) is 0 Å². The Morgan fingerprint density at radius 3 is 2.69 bits per heavy atom. The molecule has 0 radical (unpaired) electrons. The van der Waals surface area contributed by atoms with Crippen molar-refractivity contribution in [1.29, 1.82) is 0 Å². The molecule has 1 aliphatic rings. The molecule has 3 heteroatoms. The van der Waals surface area contributed by atoms with E-state index in [4.69, 9.17) is 15.2 Å². The average molecular weight is 229 g/mol. The highest BCUT2D eigenvalue weighted by atomic mass is 16.5.